The molecule has 3 N–H and O–H groups in total. The van der Waals surface area contributed by atoms with E-state index in [0.717, 1.165) is 0 Å². The minimum absolute atomic E-state index is 0.0651. The molecule has 0 spiro atoms. The number of anilines is 1. The first-order valence-electron chi connectivity index (χ1n) is 8.37. The van der Waals surface area contributed by atoms with E-state index in [4.69, 9.17) is 21.4 Å². The molecule has 2 aliphatic heterocycles. The van der Waals surface area contributed by atoms with Crippen LogP contribution in [-0.2, 0) is 4.74 Å². The molecule has 0 bridgehead atoms. The van der Waals surface area contributed by atoms with E-state index >= 15 is 0 Å². The standard InChI is InChI=1S/C15H20ClN5O5/c16-12-11(7-17-19-13(12)22)21-6-3-10(8-21)26-14(23)18-9-1-4-20(5-2-9)15(24)25/h7,9-10H,1-6,8H2,(H,18,23)(H,19,22)(H,24,25)/t10-/m1/s1. The summed E-state index contributed by atoms with van der Waals surface area (Å²) in [6.07, 6.45) is 1.45. The maximum Gasteiger partial charge on any atom is 0.407 e. The van der Waals surface area contributed by atoms with Gasteiger partial charge in [-0.3, -0.25) is 4.79 Å². The quantitative estimate of drug-likeness (QED) is 0.704. The molecule has 142 valence electrons. The topological polar surface area (TPSA) is 128 Å². The number of H-pyrrole nitrogens is 1. The number of nitrogens with zero attached hydrogens (tertiary/aromatic N) is 3. The van der Waals surface area contributed by atoms with E-state index < -0.39 is 17.7 Å². The number of ether oxygens (including phenoxy) is 1. The van der Waals surface area contributed by atoms with Crippen molar-refractivity contribution in [2.24, 2.45) is 0 Å². The van der Waals surface area contributed by atoms with Crippen LogP contribution in [-0.4, -0.2) is 70.7 Å². The van der Waals surface area contributed by atoms with E-state index in [2.05, 4.69) is 15.5 Å². The van der Waals surface area contributed by atoms with Crippen LogP contribution < -0.4 is 15.8 Å². The second-order valence-corrected chi connectivity index (χ2v) is 6.73. The molecule has 0 radical (unpaired) electrons. The monoisotopic (exact) mass is 385 g/mol. The number of alkyl carbamates (subject to hydrolysis) is 1. The van der Waals surface area contributed by atoms with Gasteiger partial charge in [-0.2, -0.15) is 5.10 Å². The van der Waals surface area contributed by atoms with Gasteiger partial charge in [-0.25, -0.2) is 14.7 Å². The van der Waals surface area contributed by atoms with Crippen molar-refractivity contribution in [3.05, 3.63) is 21.6 Å². The number of piperidine rings is 1. The van der Waals surface area contributed by atoms with E-state index in [1.54, 1.807) is 0 Å². The van der Waals surface area contributed by atoms with Gasteiger partial charge in [0.05, 0.1) is 18.4 Å². The maximum absolute atomic E-state index is 12.1. The van der Waals surface area contributed by atoms with Gasteiger partial charge in [0, 0.05) is 32.1 Å². The molecule has 1 aromatic heterocycles. The van der Waals surface area contributed by atoms with Crippen molar-refractivity contribution in [1.82, 2.24) is 20.4 Å². The lowest BCUT2D eigenvalue weighted by atomic mass is 10.1. The molecular weight excluding hydrogens is 366 g/mol. The number of carbonyl (C=O) groups is 2. The van der Waals surface area contributed by atoms with E-state index in [9.17, 15) is 14.4 Å². The highest BCUT2D eigenvalue weighted by Crippen LogP contribution is 2.25. The second kappa shape index (κ2) is 7.81. The zero-order chi connectivity index (χ0) is 18.7. The molecule has 2 saturated heterocycles. The number of amides is 2. The lowest BCUT2D eigenvalue weighted by Gasteiger charge is -2.30. The molecular formula is C15H20ClN5O5. The molecule has 2 fully saturated rings. The van der Waals surface area contributed by atoms with Gasteiger partial charge in [-0.1, -0.05) is 11.6 Å². The van der Waals surface area contributed by atoms with Gasteiger partial charge in [-0.15, -0.1) is 0 Å². The second-order valence-electron chi connectivity index (χ2n) is 6.35. The van der Waals surface area contributed by atoms with Crippen molar-refractivity contribution in [2.45, 2.75) is 31.4 Å². The normalized spacial score (nSPS) is 20.9. The van der Waals surface area contributed by atoms with E-state index in [1.165, 1.54) is 11.1 Å². The lowest BCUT2D eigenvalue weighted by Crippen LogP contribution is -2.46. The summed E-state index contributed by atoms with van der Waals surface area (Å²) in [5.41, 5.74) is 0.0574. The van der Waals surface area contributed by atoms with Crippen molar-refractivity contribution in [3.8, 4) is 0 Å². The van der Waals surface area contributed by atoms with Crippen molar-refractivity contribution in [2.75, 3.05) is 31.1 Å². The predicted molar refractivity (Wildman–Crippen MR) is 92.7 cm³/mol. The fraction of sp³-hybridized carbons (Fsp3) is 0.600. The molecule has 1 atom stereocenters. The third kappa shape index (κ3) is 4.18. The summed E-state index contributed by atoms with van der Waals surface area (Å²) in [6.45, 7) is 1.81. The predicted octanol–water partition coefficient (Wildman–Crippen LogP) is 0.871. The van der Waals surface area contributed by atoms with Gasteiger partial charge in [0.25, 0.3) is 5.56 Å². The lowest BCUT2D eigenvalue weighted by molar-refractivity contribution is 0.0976. The Kier molecular flexibility index (Phi) is 5.50. The van der Waals surface area contributed by atoms with E-state index in [-0.39, 0.29) is 17.2 Å². The number of aromatic nitrogens is 2. The van der Waals surface area contributed by atoms with Crippen molar-refractivity contribution in [1.29, 1.82) is 0 Å². The Labute approximate surface area is 154 Å². The van der Waals surface area contributed by atoms with Crippen molar-refractivity contribution < 1.29 is 19.4 Å². The van der Waals surface area contributed by atoms with Crippen LogP contribution in [0.15, 0.2) is 11.0 Å². The maximum atomic E-state index is 12.1. The Morgan fingerprint density at radius 2 is 2.04 bits per heavy atom. The zero-order valence-electron chi connectivity index (χ0n) is 14.0. The van der Waals surface area contributed by atoms with Gasteiger partial charge in [0.2, 0.25) is 0 Å². The SMILES string of the molecule is O=C(NC1CCN(C(=O)O)CC1)O[C@@H]1CCN(c2cn[nH]c(=O)c2Cl)C1. The Morgan fingerprint density at radius 1 is 1.31 bits per heavy atom. The first kappa shape index (κ1) is 18.3. The first-order valence-corrected chi connectivity index (χ1v) is 8.75. The van der Waals surface area contributed by atoms with Gasteiger partial charge in [-0.05, 0) is 12.8 Å². The summed E-state index contributed by atoms with van der Waals surface area (Å²) >= 11 is 6.00. The van der Waals surface area contributed by atoms with Crippen LogP contribution >= 0.6 is 11.6 Å². The van der Waals surface area contributed by atoms with Crippen LogP contribution in [0, 0.1) is 0 Å². The number of carbonyl (C=O) groups excluding carboxylic acids is 1. The fourth-order valence-corrected chi connectivity index (χ4v) is 3.42. The van der Waals surface area contributed by atoms with Crippen molar-refractivity contribution in [3.63, 3.8) is 0 Å². The number of halogens is 1. The van der Waals surface area contributed by atoms with Crippen LogP contribution in [0.25, 0.3) is 0 Å². The average molecular weight is 386 g/mol. The largest absolute Gasteiger partial charge is 0.465 e. The third-order valence-corrected chi connectivity index (χ3v) is 4.99. The summed E-state index contributed by atoms with van der Waals surface area (Å²) in [4.78, 5) is 37.7. The molecule has 0 aliphatic carbocycles. The highest BCUT2D eigenvalue weighted by molar-refractivity contribution is 6.33. The molecule has 3 rings (SSSR count). The first-order chi connectivity index (χ1) is 12.4. The molecule has 0 saturated carbocycles. The van der Waals surface area contributed by atoms with Crippen molar-refractivity contribution >= 4 is 29.5 Å². The Morgan fingerprint density at radius 3 is 2.73 bits per heavy atom. The van der Waals surface area contributed by atoms with Gasteiger partial charge in [0.1, 0.15) is 11.1 Å². The molecule has 2 amide bonds. The minimum atomic E-state index is -0.940. The highest BCUT2D eigenvalue weighted by atomic mass is 35.5. The van der Waals surface area contributed by atoms with Crippen LogP contribution in [0.1, 0.15) is 19.3 Å². The molecule has 11 heteroatoms. The minimum Gasteiger partial charge on any atom is -0.465 e. The third-order valence-electron chi connectivity index (χ3n) is 4.62. The summed E-state index contributed by atoms with van der Waals surface area (Å²) in [6, 6.07) is -0.0954. The number of carboxylic acid groups (broad SMARTS) is 1. The molecule has 10 nitrogen and oxygen atoms in total. The molecule has 0 unspecified atom stereocenters. The summed E-state index contributed by atoms with van der Waals surface area (Å²) in [5, 5.41) is 17.8. The number of aromatic amines is 1. The Bertz CT molecular complexity index is 733. The van der Waals surface area contributed by atoms with E-state index in [1.807, 2.05) is 4.90 Å². The van der Waals surface area contributed by atoms with Crippen LogP contribution in [0.3, 0.4) is 0 Å². The molecule has 0 aromatic carbocycles. The van der Waals surface area contributed by atoms with Crippen LogP contribution in [0.4, 0.5) is 15.3 Å². The van der Waals surface area contributed by atoms with Gasteiger partial charge in [0.15, 0.2) is 0 Å². The summed E-state index contributed by atoms with van der Waals surface area (Å²) < 4.78 is 5.44. The van der Waals surface area contributed by atoms with Gasteiger partial charge >= 0.3 is 12.2 Å². The number of likely N-dealkylation sites (tertiary alicyclic amines) is 1. The van der Waals surface area contributed by atoms with Gasteiger partial charge < -0.3 is 25.0 Å². The highest BCUT2D eigenvalue weighted by Gasteiger charge is 2.29. The number of rotatable bonds is 3. The Hall–Kier alpha value is -2.49. The summed E-state index contributed by atoms with van der Waals surface area (Å²) in [7, 11) is 0. The summed E-state index contributed by atoms with van der Waals surface area (Å²) in [5.74, 6) is 0. The average Bonchev–Trinajstić information content (AvgIpc) is 3.05. The van der Waals surface area contributed by atoms with E-state index in [0.29, 0.717) is 51.1 Å². The molecule has 26 heavy (non-hydrogen) atoms. The molecule has 1 aromatic rings. The smallest absolute Gasteiger partial charge is 0.407 e. The zero-order valence-corrected chi connectivity index (χ0v) is 14.7. The van der Waals surface area contributed by atoms with Crippen LogP contribution in [0.5, 0.6) is 0 Å². The van der Waals surface area contributed by atoms with Crippen LogP contribution in [0.2, 0.25) is 5.02 Å². The molecule has 3 heterocycles. The Balaban J connectivity index is 1.47. The number of hydrogen-bond acceptors (Lipinski definition) is 6. The number of hydrogen-bond donors (Lipinski definition) is 3. The number of nitrogens with one attached hydrogen (secondary N) is 2. The fourth-order valence-electron chi connectivity index (χ4n) is 3.20. The molecule has 2 aliphatic rings.